The van der Waals surface area contributed by atoms with Gasteiger partial charge in [-0.05, 0) is 12.3 Å². The number of nitrogens with one attached hydrogen (secondary N) is 2. The van der Waals surface area contributed by atoms with Crippen LogP contribution in [0.5, 0.6) is 0 Å². The number of aromatic nitrogens is 1. The molecule has 3 amide bonds. The number of anilines is 1. The normalized spacial score (nSPS) is 13.4. The highest BCUT2D eigenvalue weighted by atomic mass is 32.1. The lowest BCUT2D eigenvalue weighted by Gasteiger charge is -2.20. The minimum Gasteiger partial charge on any atom is -0.359 e. The van der Waals surface area contributed by atoms with Gasteiger partial charge in [0.1, 0.15) is 0 Å². The molecule has 6 nitrogen and oxygen atoms in total. The van der Waals surface area contributed by atoms with Crippen LogP contribution in [0.4, 0.5) is 9.93 Å². The van der Waals surface area contributed by atoms with E-state index in [1.165, 1.54) is 16.2 Å². The van der Waals surface area contributed by atoms with Gasteiger partial charge in [-0.2, -0.15) is 0 Å². The van der Waals surface area contributed by atoms with Crippen molar-refractivity contribution in [2.75, 3.05) is 26.0 Å². The predicted molar refractivity (Wildman–Crippen MR) is 85.7 cm³/mol. The van der Waals surface area contributed by atoms with E-state index in [0.717, 1.165) is 12.1 Å². The third kappa shape index (κ3) is 5.00. The maximum Gasteiger partial charge on any atom is 0.323 e. The molecule has 118 valence electrons. The number of hydrogen-bond donors (Lipinski definition) is 2. The first-order valence-corrected chi connectivity index (χ1v) is 7.96. The van der Waals surface area contributed by atoms with Crippen molar-refractivity contribution >= 4 is 28.4 Å². The number of carbonyl (C=O) groups excluding carboxylic acids is 2. The predicted octanol–water partition coefficient (Wildman–Crippen LogP) is 2.50. The van der Waals surface area contributed by atoms with Gasteiger partial charge >= 0.3 is 6.03 Å². The van der Waals surface area contributed by atoms with E-state index in [-0.39, 0.29) is 17.9 Å². The van der Waals surface area contributed by atoms with Crippen LogP contribution in [0.2, 0.25) is 0 Å². The van der Waals surface area contributed by atoms with Crippen molar-refractivity contribution in [3.63, 3.8) is 0 Å². The number of carbonyl (C=O) groups is 2. The molecule has 0 fully saturated rings. The number of rotatable bonds is 6. The fourth-order valence-corrected chi connectivity index (χ4v) is 2.61. The first-order valence-electron chi connectivity index (χ1n) is 7.08. The van der Waals surface area contributed by atoms with Crippen LogP contribution in [0.1, 0.15) is 38.8 Å². The molecule has 0 unspecified atom stereocenters. The molecule has 0 saturated heterocycles. The standard InChI is InChI=1S/C14H24N4O2S/c1-6-9(2)11-8-21-13(16-11)17-14(20)18(5)7-10(3)12(19)15-4/h8-10H,6-7H2,1-5H3,(H,15,19)(H,16,17,20)/t9-,10-/m0/s1. The molecule has 0 aliphatic carbocycles. The third-order valence-corrected chi connectivity index (χ3v) is 4.22. The summed E-state index contributed by atoms with van der Waals surface area (Å²) >= 11 is 1.42. The largest absolute Gasteiger partial charge is 0.359 e. The van der Waals surface area contributed by atoms with Crippen LogP contribution in [0.15, 0.2) is 5.38 Å². The van der Waals surface area contributed by atoms with E-state index in [1.54, 1.807) is 21.0 Å². The number of amides is 3. The second-order valence-corrected chi connectivity index (χ2v) is 6.07. The highest BCUT2D eigenvalue weighted by Crippen LogP contribution is 2.24. The summed E-state index contributed by atoms with van der Waals surface area (Å²) in [5, 5.41) is 7.90. The van der Waals surface area contributed by atoms with Crippen LogP contribution in [-0.4, -0.2) is 42.5 Å². The van der Waals surface area contributed by atoms with Crippen LogP contribution in [0.3, 0.4) is 0 Å². The van der Waals surface area contributed by atoms with E-state index in [9.17, 15) is 9.59 Å². The monoisotopic (exact) mass is 312 g/mol. The third-order valence-electron chi connectivity index (χ3n) is 3.44. The van der Waals surface area contributed by atoms with Gasteiger partial charge in [0.05, 0.1) is 11.6 Å². The Morgan fingerprint density at radius 1 is 1.43 bits per heavy atom. The molecule has 1 heterocycles. The van der Waals surface area contributed by atoms with Gasteiger partial charge in [0.25, 0.3) is 0 Å². The summed E-state index contributed by atoms with van der Waals surface area (Å²) in [7, 11) is 3.25. The van der Waals surface area contributed by atoms with Gasteiger partial charge in [0.2, 0.25) is 5.91 Å². The lowest BCUT2D eigenvalue weighted by atomic mass is 10.1. The number of hydrogen-bond acceptors (Lipinski definition) is 4. The van der Waals surface area contributed by atoms with Crippen LogP contribution in [-0.2, 0) is 4.79 Å². The molecule has 0 bridgehead atoms. The number of nitrogens with zero attached hydrogens (tertiary/aromatic N) is 2. The number of urea groups is 1. The Labute approximate surface area is 129 Å². The first kappa shape index (κ1) is 17.4. The van der Waals surface area contributed by atoms with Gasteiger partial charge in [0.15, 0.2) is 5.13 Å². The van der Waals surface area contributed by atoms with Crippen molar-refractivity contribution in [1.82, 2.24) is 15.2 Å². The zero-order valence-corrected chi connectivity index (χ0v) is 14.1. The Balaban J connectivity index is 2.56. The quantitative estimate of drug-likeness (QED) is 0.847. The molecule has 0 saturated carbocycles. The van der Waals surface area contributed by atoms with E-state index in [2.05, 4.69) is 29.5 Å². The molecule has 2 N–H and O–H groups in total. The van der Waals surface area contributed by atoms with E-state index < -0.39 is 0 Å². The maximum absolute atomic E-state index is 12.1. The Bertz CT molecular complexity index is 489. The molecule has 2 atom stereocenters. The highest BCUT2D eigenvalue weighted by molar-refractivity contribution is 7.13. The van der Waals surface area contributed by atoms with Crippen molar-refractivity contribution in [3.8, 4) is 0 Å². The molecule has 1 aromatic heterocycles. The Kier molecular flexibility index (Phi) is 6.61. The first-order chi connectivity index (χ1) is 9.88. The van der Waals surface area contributed by atoms with Gasteiger partial charge in [-0.1, -0.05) is 20.8 Å². The molecule has 0 spiro atoms. The molecule has 7 heteroatoms. The van der Waals surface area contributed by atoms with Crippen LogP contribution in [0, 0.1) is 5.92 Å². The van der Waals surface area contributed by atoms with Crippen LogP contribution >= 0.6 is 11.3 Å². The van der Waals surface area contributed by atoms with Gasteiger partial charge in [-0.3, -0.25) is 10.1 Å². The summed E-state index contributed by atoms with van der Waals surface area (Å²) in [6.45, 7) is 6.36. The van der Waals surface area contributed by atoms with Crippen LogP contribution < -0.4 is 10.6 Å². The summed E-state index contributed by atoms with van der Waals surface area (Å²) in [5.41, 5.74) is 0.999. The average Bonchev–Trinajstić information content (AvgIpc) is 2.93. The SMILES string of the molecule is CC[C@H](C)c1csc(NC(=O)N(C)C[C@H](C)C(=O)NC)n1. The lowest BCUT2D eigenvalue weighted by molar-refractivity contribution is -0.124. The second kappa shape index (κ2) is 7.97. The zero-order chi connectivity index (χ0) is 16.0. The molecular weight excluding hydrogens is 288 g/mol. The van der Waals surface area contributed by atoms with Crippen LogP contribution in [0.25, 0.3) is 0 Å². The fourth-order valence-electron chi connectivity index (χ4n) is 1.79. The van der Waals surface area contributed by atoms with E-state index >= 15 is 0 Å². The van der Waals surface area contributed by atoms with Crippen molar-refractivity contribution in [1.29, 1.82) is 0 Å². The molecule has 0 aliphatic rings. The Hall–Kier alpha value is -1.63. The Morgan fingerprint density at radius 3 is 2.67 bits per heavy atom. The van der Waals surface area contributed by atoms with Gasteiger partial charge in [-0.15, -0.1) is 11.3 Å². The average molecular weight is 312 g/mol. The van der Waals surface area contributed by atoms with Gasteiger partial charge in [-0.25, -0.2) is 9.78 Å². The Morgan fingerprint density at radius 2 is 2.10 bits per heavy atom. The van der Waals surface area contributed by atoms with Gasteiger partial charge in [0, 0.05) is 26.0 Å². The van der Waals surface area contributed by atoms with Gasteiger partial charge < -0.3 is 10.2 Å². The number of thiazole rings is 1. The van der Waals surface area contributed by atoms with Crippen molar-refractivity contribution in [2.24, 2.45) is 5.92 Å². The molecule has 1 rings (SSSR count). The minimum atomic E-state index is -0.254. The fraction of sp³-hybridized carbons (Fsp3) is 0.643. The zero-order valence-electron chi connectivity index (χ0n) is 13.3. The van der Waals surface area contributed by atoms with Crippen molar-refractivity contribution < 1.29 is 9.59 Å². The summed E-state index contributed by atoms with van der Waals surface area (Å²) < 4.78 is 0. The highest BCUT2D eigenvalue weighted by Gasteiger charge is 2.18. The van der Waals surface area contributed by atoms with Crippen molar-refractivity contribution in [2.45, 2.75) is 33.1 Å². The van der Waals surface area contributed by atoms with E-state index in [1.807, 2.05) is 5.38 Å². The maximum atomic E-state index is 12.1. The summed E-state index contributed by atoms with van der Waals surface area (Å²) in [5.74, 6) is 0.0542. The topological polar surface area (TPSA) is 74.3 Å². The summed E-state index contributed by atoms with van der Waals surface area (Å²) in [4.78, 5) is 29.4. The summed E-state index contributed by atoms with van der Waals surface area (Å²) in [6.07, 6.45) is 1.01. The summed E-state index contributed by atoms with van der Waals surface area (Å²) in [6, 6.07) is -0.254. The van der Waals surface area contributed by atoms with E-state index in [4.69, 9.17) is 0 Å². The lowest BCUT2D eigenvalue weighted by Crippen LogP contribution is -2.39. The molecule has 21 heavy (non-hydrogen) atoms. The van der Waals surface area contributed by atoms with E-state index in [0.29, 0.717) is 17.6 Å². The smallest absolute Gasteiger partial charge is 0.323 e. The second-order valence-electron chi connectivity index (χ2n) is 5.21. The molecule has 0 aromatic carbocycles. The molecular formula is C14H24N4O2S. The minimum absolute atomic E-state index is 0.0806. The molecule has 0 aliphatic heterocycles. The molecule has 1 aromatic rings. The molecule has 0 radical (unpaired) electrons. The van der Waals surface area contributed by atoms with Crippen molar-refractivity contribution in [3.05, 3.63) is 11.1 Å².